The second-order valence-electron chi connectivity index (χ2n) is 4.56. The maximum Gasteiger partial charge on any atom is 0.337 e. The molecule has 0 unspecified atom stereocenters. The number of esters is 1. The molecule has 6 heteroatoms. The van der Waals surface area contributed by atoms with Crippen molar-refractivity contribution in [1.82, 2.24) is 14.8 Å². The standard InChI is InChI=1S/C16H12BrN3O2/c1-22-16(21)12-4-2-3-11(9-12)15-18-10-20(19-15)14-7-5-13(17)6-8-14/h2-10H,1H3. The summed E-state index contributed by atoms with van der Waals surface area (Å²) in [5.41, 5.74) is 2.14. The predicted octanol–water partition coefficient (Wildman–Crippen LogP) is 3.48. The number of nitrogens with zero attached hydrogens (tertiary/aromatic N) is 3. The number of hydrogen-bond acceptors (Lipinski definition) is 4. The predicted molar refractivity (Wildman–Crippen MR) is 85.8 cm³/mol. The summed E-state index contributed by atoms with van der Waals surface area (Å²) in [6.45, 7) is 0. The minimum atomic E-state index is -0.380. The molecule has 3 rings (SSSR count). The van der Waals surface area contributed by atoms with Gasteiger partial charge in [-0.05, 0) is 36.4 Å². The Morgan fingerprint density at radius 2 is 1.95 bits per heavy atom. The van der Waals surface area contributed by atoms with Gasteiger partial charge in [0, 0.05) is 10.0 Å². The first-order valence-electron chi connectivity index (χ1n) is 6.54. The van der Waals surface area contributed by atoms with Crippen LogP contribution < -0.4 is 0 Å². The summed E-state index contributed by atoms with van der Waals surface area (Å²) in [5.74, 6) is 0.169. The fourth-order valence-corrected chi connectivity index (χ4v) is 2.28. The van der Waals surface area contributed by atoms with Gasteiger partial charge in [-0.1, -0.05) is 28.1 Å². The summed E-state index contributed by atoms with van der Waals surface area (Å²) in [5, 5.41) is 4.44. The highest BCUT2D eigenvalue weighted by molar-refractivity contribution is 9.10. The molecule has 3 aromatic rings. The molecule has 5 nitrogen and oxygen atoms in total. The number of rotatable bonds is 3. The van der Waals surface area contributed by atoms with Gasteiger partial charge in [0.25, 0.3) is 0 Å². The lowest BCUT2D eigenvalue weighted by atomic mass is 10.1. The van der Waals surface area contributed by atoms with Crippen molar-refractivity contribution in [2.45, 2.75) is 0 Å². The number of hydrogen-bond donors (Lipinski definition) is 0. The third-order valence-corrected chi connectivity index (χ3v) is 3.65. The third kappa shape index (κ3) is 2.92. The Kier molecular flexibility index (Phi) is 4.02. The van der Waals surface area contributed by atoms with Gasteiger partial charge in [-0.25, -0.2) is 14.5 Å². The minimum Gasteiger partial charge on any atom is -0.465 e. The molecule has 0 fully saturated rings. The van der Waals surface area contributed by atoms with Crippen LogP contribution >= 0.6 is 15.9 Å². The van der Waals surface area contributed by atoms with E-state index in [2.05, 4.69) is 26.0 Å². The van der Waals surface area contributed by atoms with E-state index in [4.69, 9.17) is 4.74 Å². The molecule has 0 aliphatic heterocycles. The molecule has 0 spiro atoms. The number of carbonyl (C=O) groups is 1. The van der Waals surface area contributed by atoms with Crippen molar-refractivity contribution in [2.24, 2.45) is 0 Å². The number of benzene rings is 2. The van der Waals surface area contributed by atoms with E-state index in [1.165, 1.54) is 7.11 Å². The summed E-state index contributed by atoms with van der Waals surface area (Å²) < 4.78 is 7.41. The van der Waals surface area contributed by atoms with Crippen LogP contribution in [0.15, 0.2) is 59.3 Å². The van der Waals surface area contributed by atoms with Gasteiger partial charge in [-0.3, -0.25) is 0 Å². The Morgan fingerprint density at radius 3 is 2.68 bits per heavy atom. The van der Waals surface area contributed by atoms with Crippen LogP contribution in [-0.2, 0) is 4.74 Å². The first kappa shape index (κ1) is 14.5. The van der Waals surface area contributed by atoms with E-state index in [1.807, 2.05) is 30.3 Å². The van der Waals surface area contributed by atoms with Gasteiger partial charge in [0.2, 0.25) is 0 Å². The Labute approximate surface area is 135 Å². The van der Waals surface area contributed by atoms with Gasteiger partial charge >= 0.3 is 5.97 Å². The van der Waals surface area contributed by atoms with Crippen molar-refractivity contribution in [2.75, 3.05) is 7.11 Å². The van der Waals surface area contributed by atoms with Gasteiger partial charge in [0.05, 0.1) is 18.4 Å². The number of aromatic nitrogens is 3. The fraction of sp³-hybridized carbons (Fsp3) is 0.0625. The zero-order chi connectivity index (χ0) is 15.5. The first-order valence-corrected chi connectivity index (χ1v) is 7.33. The minimum absolute atomic E-state index is 0.380. The summed E-state index contributed by atoms with van der Waals surface area (Å²) in [6, 6.07) is 14.8. The normalized spacial score (nSPS) is 10.5. The lowest BCUT2D eigenvalue weighted by molar-refractivity contribution is 0.0601. The average molecular weight is 358 g/mol. The molecule has 0 atom stereocenters. The molecule has 110 valence electrons. The highest BCUT2D eigenvalue weighted by atomic mass is 79.9. The van der Waals surface area contributed by atoms with Gasteiger partial charge in [0.15, 0.2) is 5.82 Å². The summed E-state index contributed by atoms with van der Waals surface area (Å²) in [6.07, 6.45) is 1.64. The maximum absolute atomic E-state index is 11.6. The Balaban J connectivity index is 1.94. The average Bonchev–Trinajstić information content (AvgIpc) is 3.05. The van der Waals surface area contributed by atoms with Gasteiger partial charge in [-0.15, -0.1) is 5.10 Å². The Bertz CT molecular complexity index is 812. The van der Waals surface area contributed by atoms with Crippen LogP contribution in [0.3, 0.4) is 0 Å². The third-order valence-electron chi connectivity index (χ3n) is 3.12. The Hall–Kier alpha value is -2.47. The molecule has 0 bridgehead atoms. The molecule has 1 aromatic heterocycles. The number of methoxy groups -OCH3 is 1. The van der Waals surface area contributed by atoms with Crippen LogP contribution in [0, 0.1) is 0 Å². The van der Waals surface area contributed by atoms with Crippen molar-refractivity contribution in [3.63, 3.8) is 0 Å². The number of halogens is 1. The molecule has 0 aliphatic rings. The Morgan fingerprint density at radius 1 is 1.18 bits per heavy atom. The smallest absolute Gasteiger partial charge is 0.337 e. The monoisotopic (exact) mass is 357 g/mol. The van der Waals surface area contributed by atoms with Gasteiger partial charge < -0.3 is 4.74 Å². The van der Waals surface area contributed by atoms with Crippen LogP contribution in [0.1, 0.15) is 10.4 Å². The molecule has 22 heavy (non-hydrogen) atoms. The van der Waals surface area contributed by atoms with E-state index in [0.717, 1.165) is 15.7 Å². The van der Waals surface area contributed by atoms with E-state index < -0.39 is 0 Å². The van der Waals surface area contributed by atoms with Crippen LogP contribution in [0.2, 0.25) is 0 Å². The van der Waals surface area contributed by atoms with Gasteiger partial charge in [-0.2, -0.15) is 0 Å². The number of carbonyl (C=O) groups excluding carboxylic acids is 1. The van der Waals surface area contributed by atoms with Crippen molar-refractivity contribution in [1.29, 1.82) is 0 Å². The second-order valence-corrected chi connectivity index (χ2v) is 5.48. The summed E-state index contributed by atoms with van der Waals surface area (Å²) in [4.78, 5) is 15.9. The van der Waals surface area contributed by atoms with E-state index in [9.17, 15) is 4.79 Å². The second kappa shape index (κ2) is 6.11. The summed E-state index contributed by atoms with van der Waals surface area (Å²) >= 11 is 3.40. The van der Waals surface area contributed by atoms with Crippen LogP contribution in [0.5, 0.6) is 0 Å². The molecule has 0 aliphatic carbocycles. The zero-order valence-electron chi connectivity index (χ0n) is 11.7. The van der Waals surface area contributed by atoms with Gasteiger partial charge in [0.1, 0.15) is 6.33 Å². The quantitative estimate of drug-likeness (QED) is 0.673. The summed E-state index contributed by atoms with van der Waals surface area (Å²) in [7, 11) is 1.36. The van der Waals surface area contributed by atoms with E-state index in [0.29, 0.717) is 11.4 Å². The highest BCUT2D eigenvalue weighted by Crippen LogP contribution is 2.19. The van der Waals surface area contributed by atoms with Crippen molar-refractivity contribution in [3.8, 4) is 17.1 Å². The molecule has 2 aromatic carbocycles. The SMILES string of the molecule is COC(=O)c1cccc(-c2ncn(-c3ccc(Br)cc3)n2)c1. The molecule has 0 saturated carbocycles. The van der Waals surface area contributed by atoms with Crippen LogP contribution in [-0.4, -0.2) is 27.8 Å². The van der Waals surface area contributed by atoms with Crippen molar-refractivity contribution in [3.05, 3.63) is 64.9 Å². The molecule has 0 N–H and O–H groups in total. The molecular formula is C16H12BrN3O2. The van der Waals surface area contributed by atoms with Crippen LogP contribution in [0.4, 0.5) is 0 Å². The number of ether oxygens (including phenoxy) is 1. The molecule has 0 radical (unpaired) electrons. The largest absolute Gasteiger partial charge is 0.465 e. The van der Waals surface area contributed by atoms with E-state index in [-0.39, 0.29) is 5.97 Å². The van der Waals surface area contributed by atoms with E-state index in [1.54, 1.807) is 29.2 Å². The molecule has 0 saturated heterocycles. The molecular weight excluding hydrogens is 346 g/mol. The molecule has 0 amide bonds. The van der Waals surface area contributed by atoms with E-state index >= 15 is 0 Å². The first-order chi connectivity index (χ1) is 10.7. The zero-order valence-corrected chi connectivity index (χ0v) is 13.3. The van der Waals surface area contributed by atoms with Crippen molar-refractivity contribution < 1.29 is 9.53 Å². The fourth-order valence-electron chi connectivity index (χ4n) is 2.02. The molecule has 1 heterocycles. The van der Waals surface area contributed by atoms with Crippen LogP contribution in [0.25, 0.3) is 17.1 Å². The highest BCUT2D eigenvalue weighted by Gasteiger charge is 2.10. The lowest BCUT2D eigenvalue weighted by Crippen LogP contribution is -2.01. The lowest BCUT2D eigenvalue weighted by Gasteiger charge is -2.01. The topological polar surface area (TPSA) is 57.0 Å². The van der Waals surface area contributed by atoms with Crippen molar-refractivity contribution >= 4 is 21.9 Å². The maximum atomic E-state index is 11.6.